The second-order valence-electron chi connectivity index (χ2n) is 6.60. The van der Waals surface area contributed by atoms with E-state index in [1.165, 1.54) is 0 Å². The molecule has 2 N–H and O–H groups in total. The molecule has 142 valence electrons. The summed E-state index contributed by atoms with van der Waals surface area (Å²) in [5.74, 6) is -2.81. The Bertz CT molecular complexity index is 649. The third-order valence-corrected chi connectivity index (χ3v) is 3.00. The first kappa shape index (κ1) is 21.1. The van der Waals surface area contributed by atoms with E-state index in [-0.39, 0.29) is 6.61 Å². The van der Waals surface area contributed by atoms with Gasteiger partial charge in [-0.2, -0.15) is 0 Å². The molecule has 0 radical (unpaired) electrons. The number of alkyl carbamates (subject to hydrolysis) is 1. The lowest BCUT2D eigenvalue weighted by molar-refractivity contribution is -0.156. The van der Waals surface area contributed by atoms with Gasteiger partial charge < -0.3 is 19.9 Å². The highest BCUT2D eigenvalue weighted by molar-refractivity contribution is 5.98. The van der Waals surface area contributed by atoms with Crippen LogP contribution in [0.2, 0.25) is 0 Å². The van der Waals surface area contributed by atoms with Crippen LogP contribution in [0.4, 0.5) is 4.79 Å². The van der Waals surface area contributed by atoms with Crippen LogP contribution in [0.5, 0.6) is 0 Å². The van der Waals surface area contributed by atoms with Crippen molar-refractivity contribution in [3.63, 3.8) is 0 Å². The van der Waals surface area contributed by atoms with E-state index in [9.17, 15) is 19.2 Å². The van der Waals surface area contributed by atoms with Gasteiger partial charge in [0, 0.05) is 6.42 Å². The van der Waals surface area contributed by atoms with Crippen molar-refractivity contribution in [1.82, 2.24) is 5.32 Å². The maximum atomic E-state index is 11.9. The van der Waals surface area contributed by atoms with Crippen LogP contribution in [0, 0.1) is 0 Å². The predicted octanol–water partition coefficient (Wildman–Crippen LogP) is 2.06. The Morgan fingerprint density at radius 3 is 2.27 bits per heavy atom. The number of hydrogen-bond donors (Lipinski definition) is 2. The number of ether oxygens (including phenoxy) is 2. The summed E-state index contributed by atoms with van der Waals surface area (Å²) in [5.41, 5.74) is -0.0150. The number of amides is 1. The zero-order chi connectivity index (χ0) is 19.7. The van der Waals surface area contributed by atoms with Crippen molar-refractivity contribution >= 4 is 23.8 Å². The van der Waals surface area contributed by atoms with Crippen molar-refractivity contribution in [3.05, 3.63) is 35.9 Å². The Morgan fingerprint density at radius 2 is 1.73 bits per heavy atom. The summed E-state index contributed by atoms with van der Waals surface area (Å²) in [5, 5.41) is 11.2. The van der Waals surface area contributed by atoms with Gasteiger partial charge in [-0.25, -0.2) is 9.59 Å². The van der Waals surface area contributed by atoms with Crippen LogP contribution >= 0.6 is 0 Å². The zero-order valence-corrected chi connectivity index (χ0v) is 15.0. The molecule has 1 rings (SSSR count). The lowest BCUT2D eigenvalue weighted by Gasteiger charge is -2.19. The highest BCUT2D eigenvalue weighted by atomic mass is 16.6. The van der Waals surface area contributed by atoms with E-state index in [0.29, 0.717) is 0 Å². The molecule has 1 atom stereocenters. The molecule has 0 unspecified atom stereocenters. The molecule has 0 bridgehead atoms. The van der Waals surface area contributed by atoms with Crippen LogP contribution in [-0.4, -0.2) is 40.6 Å². The van der Waals surface area contributed by atoms with Crippen molar-refractivity contribution < 1.29 is 33.8 Å². The maximum absolute atomic E-state index is 11.9. The van der Waals surface area contributed by atoms with Crippen molar-refractivity contribution in [2.45, 2.75) is 51.9 Å². The molecule has 0 aliphatic heterocycles. The zero-order valence-electron chi connectivity index (χ0n) is 15.0. The van der Waals surface area contributed by atoms with Crippen LogP contribution in [0.25, 0.3) is 0 Å². The molecule has 1 aromatic carbocycles. The van der Waals surface area contributed by atoms with Crippen molar-refractivity contribution in [2.24, 2.45) is 0 Å². The first-order valence-electron chi connectivity index (χ1n) is 8.00. The standard InChI is InChI=1S/C18H23NO7/c1-18(2,3)26-15(21)10-13(20)9-14(16(22)23)19-17(24)25-11-12-7-5-4-6-8-12/h4-8,14H,9-11H2,1-3H3,(H,19,24)(H,22,23)/t14-/m0/s1. The molecule has 0 spiro atoms. The summed E-state index contributed by atoms with van der Waals surface area (Å²) < 4.78 is 9.92. The fourth-order valence-electron chi connectivity index (χ4n) is 1.95. The van der Waals surface area contributed by atoms with Crippen LogP contribution in [-0.2, 0) is 30.5 Å². The van der Waals surface area contributed by atoms with E-state index >= 15 is 0 Å². The van der Waals surface area contributed by atoms with Crippen molar-refractivity contribution in [2.75, 3.05) is 0 Å². The Labute approximate surface area is 151 Å². The number of rotatable bonds is 8. The maximum Gasteiger partial charge on any atom is 0.408 e. The minimum Gasteiger partial charge on any atom is -0.480 e. The van der Waals surface area contributed by atoms with E-state index in [4.69, 9.17) is 14.6 Å². The molecule has 1 amide bonds. The fraction of sp³-hybridized carbons (Fsp3) is 0.444. The first-order chi connectivity index (χ1) is 12.1. The number of carbonyl (C=O) groups excluding carboxylic acids is 3. The number of aliphatic carboxylic acids is 1. The second kappa shape index (κ2) is 9.55. The van der Waals surface area contributed by atoms with Gasteiger partial charge in [0.1, 0.15) is 30.5 Å². The van der Waals surface area contributed by atoms with E-state index in [1.54, 1.807) is 51.1 Å². The number of carboxylic acids is 1. The van der Waals surface area contributed by atoms with Gasteiger partial charge >= 0.3 is 18.0 Å². The molecule has 0 fully saturated rings. The number of carboxylic acid groups (broad SMARTS) is 1. The van der Waals surface area contributed by atoms with Crippen LogP contribution in [0.3, 0.4) is 0 Å². The molecule has 0 aliphatic rings. The van der Waals surface area contributed by atoms with E-state index in [2.05, 4.69) is 5.32 Å². The lowest BCUT2D eigenvalue weighted by Crippen LogP contribution is -2.42. The van der Waals surface area contributed by atoms with Crippen LogP contribution in [0.15, 0.2) is 30.3 Å². The minimum atomic E-state index is -1.49. The third kappa shape index (κ3) is 8.81. The third-order valence-electron chi connectivity index (χ3n) is 3.00. The van der Waals surface area contributed by atoms with E-state index in [0.717, 1.165) is 5.56 Å². The number of ketones is 1. The molecular formula is C18H23NO7. The minimum absolute atomic E-state index is 0.0368. The average molecular weight is 365 g/mol. The fourth-order valence-corrected chi connectivity index (χ4v) is 1.95. The molecule has 0 heterocycles. The summed E-state index contributed by atoms with van der Waals surface area (Å²) >= 11 is 0. The summed E-state index contributed by atoms with van der Waals surface area (Å²) in [7, 11) is 0. The summed E-state index contributed by atoms with van der Waals surface area (Å²) in [6.45, 7) is 4.92. The van der Waals surface area contributed by atoms with Crippen LogP contribution in [0.1, 0.15) is 39.2 Å². The van der Waals surface area contributed by atoms with Gasteiger partial charge in [0.15, 0.2) is 0 Å². The lowest BCUT2D eigenvalue weighted by atomic mass is 10.1. The molecule has 26 heavy (non-hydrogen) atoms. The molecule has 8 nitrogen and oxygen atoms in total. The topological polar surface area (TPSA) is 119 Å². The average Bonchev–Trinajstić information content (AvgIpc) is 2.51. The van der Waals surface area contributed by atoms with Gasteiger partial charge in [0.25, 0.3) is 0 Å². The highest BCUT2D eigenvalue weighted by Gasteiger charge is 2.26. The normalized spacial score (nSPS) is 12.0. The van der Waals surface area contributed by atoms with Gasteiger partial charge in [-0.3, -0.25) is 9.59 Å². The molecule has 1 aromatic rings. The van der Waals surface area contributed by atoms with Gasteiger partial charge in [-0.15, -0.1) is 0 Å². The van der Waals surface area contributed by atoms with Crippen molar-refractivity contribution in [1.29, 1.82) is 0 Å². The Kier molecular flexibility index (Phi) is 7.77. The monoisotopic (exact) mass is 365 g/mol. The molecular weight excluding hydrogens is 342 g/mol. The summed E-state index contributed by atoms with van der Waals surface area (Å²) in [6, 6.07) is 7.34. The highest BCUT2D eigenvalue weighted by Crippen LogP contribution is 2.09. The summed E-state index contributed by atoms with van der Waals surface area (Å²) in [6.07, 6.45) is -2.08. The van der Waals surface area contributed by atoms with E-state index in [1.807, 2.05) is 0 Å². The molecule has 0 aromatic heterocycles. The first-order valence-corrected chi connectivity index (χ1v) is 8.00. The van der Waals surface area contributed by atoms with Gasteiger partial charge in [-0.1, -0.05) is 30.3 Å². The second-order valence-corrected chi connectivity index (χ2v) is 6.60. The Morgan fingerprint density at radius 1 is 1.12 bits per heavy atom. The molecule has 8 heteroatoms. The van der Waals surface area contributed by atoms with E-state index < -0.39 is 48.3 Å². The summed E-state index contributed by atoms with van der Waals surface area (Å²) in [4.78, 5) is 46.4. The molecule has 0 saturated carbocycles. The molecule has 0 saturated heterocycles. The molecule has 0 aliphatic carbocycles. The smallest absolute Gasteiger partial charge is 0.408 e. The number of benzene rings is 1. The van der Waals surface area contributed by atoms with Gasteiger partial charge in [0.2, 0.25) is 0 Å². The Hall–Kier alpha value is -2.90. The van der Waals surface area contributed by atoms with Crippen molar-refractivity contribution in [3.8, 4) is 0 Å². The number of carbonyl (C=O) groups is 4. The van der Waals surface area contributed by atoms with Gasteiger partial charge in [-0.05, 0) is 26.3 Å². The Balaban J connectivity index is 2.49. The largest absolute Gasteiger partial charge is 0.480 e. The number of nitrogens with one attached hydrogen (secondary N) is 1. The van der Waals surface area contributed by atoms with Gasteiger partial charge in [0.05, 0.1) is 0 Å². The van der Waals surface area contributed by atoms with Crippen LogP contribution < -0.4 is 5.32 Å². The quantitative estimate of drug-likeness (QED) is 0.534. The number of Topliss-reactive ketones (excluding diaryl/α,β-unsaturated/α-hetero) is 1. The number of esters is 1. The SMILES string of the molecule is CC(C)(C)OC(=O)CC(=O)C[C@H](NC(=O)OCc1ccccc1)C(=O)O. The predicted molar refractivity (Wildman–Crippen MR) is 91.3 cm³/mol. The number of hydrogen-bond acceptors (Lipinski definition) is 6.